The number of hydrogen-bond acceptors (Lipinski definition) is 6. The Labute approximate surface area is 247 Å². The second-order valence-corrected chi connectivity index (χ2v) is 12.2. The van der Waals surface area contributed by atoms with Gasteiger partial charge in [0.1, 0.15) is 11.4 Å². The molecule has 222 valence electrons. The van der Waals surface area contributed by atoms with Gasteiger partial charge in [-0.25, -0.2) is 0 Å². The van der Waals surface area contributed by atoms with Gasteiger partial charge in [-0.1, -0.05) is 45.0 Å². The van der Waals surface area contributed by atoms with Gasteiger partial charge in [-0.2, -0.15) is 0 Å². The Morgan fingerprint density at radius 2 is 1.88 bits per heavy atom. The topological polar surface area (TPSA) is 137 Å². The molecule has 1 atom stereocenters. The highest BCUT2D eigenvalue weighted by molar-refractivity contribution is 6.47. The van der Waals surface area contributed by atoms with Crippen LogP contribution in [0, 0.1) is 11.3 Å². The van der Waals surface area contributed by atoms with Gasteiger partial charge >= 0.3 is 5.97 Å². The molecule has 1 spiro atoms. The quantitative estimate of drug-likeness (QED) is 0.347. The van der Waals surface area contributed by atoms with Crippen LogP contribution < -0.4 is 11.1 Å². The fraction of sp³-hybridized carbons (Fsp3) is 0.424. The molecule has 42 heavy (non-hydrogen) atoms. The number of aliphatic carboxylic acids is 1. The first-order valence-corrected chi connectivity index (χ1v) is 14.5. The lowest BCUT2D eigenvalue weighted by molar-refractivity contribution is -0.137. The molecule has 9 nitrogen and oxygen atoms in total. The zero-order valence-corrected chi connectivity index (χ0v) is 24.8. The third-order valence-corrected chi connectivity index (χ3v) is 8.41. The monoisotopic (exact) mass is 571 g/mol. The predicted molar refractivity (Wildman–Crippen MR) is 165 cm³/mol. The molecular formula is C33H41N5O4. The number of nitrogens with zero attached hydrogens (tertiary/aromatic N) is 3. The number of nitrogens with one attached hydrogen (secondary N) is 1. The average molecular weight is 572 g/mol. The van der Waals surface area contributed by atoms with Crippen molar-refractivity contribution in [1.29, 1.82) is 0 Å². The average Bonchev–Trinajstić information content (AvgIpc) is 3.23. The summed E-state index contributed by atoms with van der Waals surface area (Å²) in [5.74, 6) is -0.873. The van der Waals surface area contributed by atoms with Crippen LogP contribution in [0.3, 0.4) is 0 Å². The van der Waals surface area contributed by atoms with Gasteiger partial charge in [-0.3, -0.25) is 24.4 Å². The molecule has 4 rings (SSSR count). The van der Waals surface area contributed by atoms with E-state index in [0.717, 1.165) is 36.8 Å². The van der Waals surface area contributed by atoms with Crippen LogP contribution in [0.2, 0.25) is 0 Å². The third kappa shape index (κ3) is 6.78. The van der Waals surface area contributed by atoms with Gasteiger partial charge in [-0.05, 0) is 86.0 Å². The molecule has 2 aromatic rings. The molecule has 4 N–H and O–H groups in total. The summed E-state index contributed by atoms with van der Waals surface area (Å²) in [6.07, 6.45) is 8.02. The van der Waals surface area contributed by atoms with Crippen LogP contribution in [0.4, 0.5) is 5.69 Å². The van der Waals surface area contributed by atoms with Crippen LogP contribution in [0.5, 0.6) is 0 Å². The van der Waals surface area contributed by atoms with Gasteiger partial charge in [0.15, 0.2) is 0 Å². The number of benzene rings is 2. The SMILES string of the molecule is C[C@H](c1ccc(C(=O)NCCC(=O)O)cc1)N1C(=O)C(c2cccc(N=C/C=C\N)c2)=NC12CCC(C(C)(C)C)CC2. The van der Waals surface area contributed by atoms with Gasteiger partial charge in [0.25, 0.3) is 11.8 Å². The van der Waals surface area contributed by atoms with Gasteiger partial charge in [0, 0.05) is 23.9 Å². The smallest absolute Gasteiger partial charge is 0.305 e. The molecule has 1 aliphatic heterocycles. The summed E-state index contributed by atoms with van der Waals surface area (Å²) >= 11 is 0. The number of allylic oxidation sites excluding steroid dienone is 1. The van der Waals surface area contributed by atoms with Crippen molar-refractivity contribution in [1.82, 2.24) is 10.2 Å². The predicted octanol–water partition coefficient (Wildman–Crippen LogP) is 5.39. The first-order chi connectivity index (χ1) is 19.9. The van der Waals surface area contributed by atoms with E-state index in [2.05, 4.69) is 31.1 Å². The Morgan fingerprint density at radius 1 is 1.19 bits per heavy atom. The highest BCUT2D eigenvalue weighted by Crippen LogP contribution is 2.49. The fourth-order valence-corrected chi connectivity index (χ4v) is 6.00. The number of carboxylic acids is 1. The lowest BCUT2D eigenvalue weighted by atomic mass is 9.69. The molecule has 2 amide bonds. The van der Waals surface area contributed by atoms with Crippen molar-refractivity contribution >= 4 is 35.4 Å². The summed E-state index contributed by atoms with van der Waals surface area (Å²) in [4.78, 5) is 49.0. The summed E-state index contributed by atoms with van der Waals surface area (Å²) in [7, 11) is 0. The fourth-order valence-electron chi connectivity index (χ4n) is 6.00. The summed E-state index contributed by atoms with van der Waals surface area (Å²) in [6, 6.07) is 14.4. The Balaban J connectivity index is 1.63. The van der Waals surface area contributed by atoms with Crippen molar-refractivity contribution in [2.75, 3.05) is 6.54 Å². The molecule has 0 saturated heterocycles. The highest BCUT2D eigenvalue weighted by atomic mass is 16.4. The van der Waals surface area contributed by atoms with Crippen LogP contribution in [-0.2, 0) is 9.59 Å². The van der Waals surface area contributed by atoms with Crippen molar-refractivity contribution in [2.45, 2.75) is 71.5 Å². The van der Waals surface area contributed by atoms with Gasteiger partial charge in [0.2, 0.25) is 0 Å². The number of hydrogen-bond donors (Lipinski definition) is 3. The Bertz CT molecular complexity index is 1400. The van der Waals surface area contributed by atoms with Gasteiger partial charge < -0.3 is 21.1 Å². The first-order valence-electron chi connectivity index (χ1n) is 14.5. The van der Waals surface area contributed by atoms with E-state index in [-0.39, 0.29) is 36.2 Å². The highest BCUT2D eigenvalue weighted by Gasteiger charge is 2.51. The van der Waals surface area contributed by atoms with E-state index in [1.54, 1.807) is 24.4 Å². The number of amides is 2. The minimum absolute atomic E-state index is 0.0586. The first kappa shape index (κ1) is 30.7. The van der Waals surface area contributed by atoms with Crippen molar-refractivity contribution < 1.29 is 19.5 Å². The number of aliphatic imine (C=N–C) groups is 2. The molecule has 1 aliphatic carbocycles. The maximum atomic E-state index is 14.2. The van der Waals surface area contributed by atoms with Crippen LogP contribution in [0.25, 0.3) is 0 Å². The minimum atomic E-state index is -0.968. The molecule has 0 bridgehead atoms. The second kappa shape index (κ2) is 12.7. The van der Waals surface area contributed by atoms with Gasteiger partial charge in [0.05, 0.1) is 18.2 Å². The Hall–Kier alpha value is -4.27. The van der Waals surface area contributed by atoms with E-state index in [1.165, 1.54) is 6.20 Å². The molecular weight excluding hydrogens is 530 g/mol. The summed E-state index contributed by atoms with van der Waals surface area (Å²) in [5.41, 5.74) is 8.15. The molecule has 9 heteroatoms. The molecule has 0 aromatic heterocycles. The summed E-state index contributed by atoms with van der Waals surface area (Å²) in [6.45, 7) is 8.89. The van der Waals surface area contributed by atoms with Crippen LogP contribution in [0.15, 0.2) is 70.8 Å². The Kier molecular flexibility index (Phi) is 9.29. The lowest BCUT2D eigenvalue weighted by Gasteiger charge is -2.46. The third-order valence-electron chi connectivity index (χ3n) is 8.41. The maximum Gasteiger partial charge on any atom is 0.305 e. The molecule has 0 radical (unpaired) electrons. The molecule has 1 heterocycles. The van der Waals surface area contributed by atoms with Crippen LogP contribution in [-0.4, -0.2) is 51.9 Å². The van der Waals surface area contributed by atoms with E-state index in [0.29, 0.717) is 22.9 Å². The zero-order chi connectivity index (χ0) is 30.5. The van der Waals surface area contributed by atoms with Crippen molar-refractivity contribution in [2.24, 2.45) is 27.1 Å². The van der Waals surface area contributed by atoms with Crippen molar-refractivity contribution in [3.8, 4) is 0 Å². The van der Waals surface area contributed by atoms with Crippen LogP contribution >= 0.6 is 0 Å². The standard InChI is InChI=1S/C33H41N5O4/c1-22(23-9-11-24(12-10-23)30(41)36-20-15-28(39)40)38-31(42)29(25-7-5-8-27(21-25)35-19-6-18-34)37-33(38)16-13-26(14-17-33)32(2,3)4/h5-12,18-19,21-22,26H,13-17,20,34H2,1-4H3,(H,36,41)(H,39,40)/b18-6-,35-19?/t22-,26?,33?/m1/s1. The number of carboxylic acid groups (broad SMARTS) is 1. The largest absolute Gasteiger partial charge is 0.481 e. The molecule has 0 unspecified atom stereocenters. The van der Waals surface area contributed by atoms with E-state index in [4.69, 9.17) is 15.8 Å². The lowest BCUT2D eigenvalue weighted by Crippen LogP contribution is -2.50. The van der Waals surface area contributed by atoms with E-state index in [1.807, 2.05) is 48.2 Å². The zero-order valence-electron chi connectivity index (χ0n) is 24.8. The van der Waals surface area contributed by atoms with E-state index in [9.17, 15) is 14.4 Å². The number of rotatable bonds is 9. The normalized spacial score (nSPS) is 21.7. The van der Waals surface area contributed by atoms with Gasteiger partial charge in [-0.15, -0.1) is 0 Å². The van der Waals surface area contributed by atoms with E-state index >= 15 is 0 Å². The molecule has 2 aromatic carbocycles. The summed E-state index contributed by atoms with van der Waals surface area (Å²) < 4.78 is 0. The molecule has 1 saturated carbocycles. The summed E-state index contributed by atoms with van der Waals surface area (Å²) in [5, 5.41) is 11.4. The Morgan fingerprint density at radius 3 is 2.50 bits per heavy atom. The maximum absolute atomic E-state index is 14.2. The van der Waals surface area contributed by atoms with Crippen molar-refractivity contribution in [3.05, 3.63) is 77.5 Å². The second-order valence-electron chi connectivity index (χ2n) is 12.2. The minimum Gasteiger partial charge on any atom is -0.481 e. The molecule has 2 aliphatic rings. The number of carbonyl (C=O) groups excluding carboxylic acids is 2. The number of nitrogens with two attached hydrogens (primary N) is 1. The van der Waals surface area contributed by atoms with Crippen molar-refractivity contribution in [3.63, 3.8) is 0 Å². The van der Waals surface area contributed by atoms with Crippen LogP contribution in [0.1, 0.15) is 87.3 Å². The van der Waals surface area contributed by atoms with E-state index < -0.39 is 11.6 Å². The number of carbonyl (C=O) groups is 3. The molecule has 1 fully saturated rings.